The van der Waals surface area contributed by atoms with E-state index in [-0.39, 0.29) is 5.75 Å². The molecule has 1 atom stereocenters. The second kappa shape index (κ2) is 4.93. The summed E-state index contributed by atoms with van der Waals surface area (Å²) >= 11 is 6.12. The predicted molar refractivity (Wildman–Crippen MR) is 65.3 cm³/mol. The van der Waals surface area contributed by atoms with Gasteiger partial charge in [-0.3, -0.25) is 0 Å². The normalized spacial score (nSPS) is 20.4. The number of phenols is 1. The molecule has 1 aliphatic heterocycles. The first kappa shape index (κ1) is 11.6. The van der Waals surface area contributed by atoms with E-state index in [1.54, 1.807) is 25.3 Å². The summed E-state index contributed by atoms with van der Waals surface area (Å²) in [6.45, 7) is 2.70. The van der Waals surface area contributed by atoms with Crippen LogP contribution in [0.1, 0.15) is 6.42 Å². The van der Waals surface area contributed by atoms with E-state index >= 15 is 0 Å². The van der Waals surface area contributed by atoms with Crippen LogP contribution < -0.4 is 4.90 Å². The number of phenolic OH excluding ortho intramolecular Hbond substituents is 1. The number of hydrogen-bond donors (Lipinski definition) is 1. The predicted octanol–water partition coefficient (Wildman–Crippen LogP) is 2.52. The molecule has 0 aromatic heterocycles. The third kappa shape index (κ3) is 2.42. The molecule has 1 aliphatic rings. The summed E-state index contributed by atoms with van der Waals surface area (Å²) in [4.78, 5) is 2.20. The number of halogens is 1. The molecule has 1 unspecified atom stereocenters. The van der Waals surface area contributed by atoms with Gasteiger partial charge in [0.1, 0.15) is 5.75 Å². The molecule has 3 nitrogen and oxygen atoms in total. The van der Waals surface area contributed by atoms with Crippen LogP contribution in [0.2, 0.25) is 5.02 Å². The van der Waals surface area contributed by atoms with E-state index < -0.39 is 0 Å². The topological polar surface area (TPSA) is 32.7 Å². The molecule has 1 heterocycles. The molecule has 4 heteroatoms. The van der Waals surface area contributed by atoms with Crippen molar-refractivity contribution in [2.24, 2.45) is 5.92 Å². The minimum absolute atomic E-state index is 0.259. The summed E-state index contributed by atoms with van der Waals surface area (Å²) in [6, 6.07) is 5.06. The van der Waals surface area contributed by atoms with Crippen molar-refractivity contribution in [1.82, 2.24) is 0 Å². The van der Waals surface area contributed by atoms with Crippen LogP contribution in [0, 0.1) is 5.92 Å². The van der Waals surface area contributed by atoms with Crippen LogP contribution in [0.15, 0.2) is 18.2 Å². The van der Waals surface area contributed by atoms with Crippen LogP contribution in [-0.2, 0) is 4.74 Å². The van der Waals surface area contributed by atoms with Crippen molar-refractivity contribution >= 4 is 17.3 Å². The quantitative estimate of drug-likeness (QED) is 0.883. The Morgan fingerprint density at radius 3 is 3.12 bits per heavy atom. The van der Waals surface area contributed by atoms with Gasteiger partial charge in [0.15, 0.2) is 0 Å². The number of ether oxygens (including phenoxy) is 1. The first-order chi connectivity index (χ1) is 7.70. The Bertz CT molecular complexity index is 370. The number of rotatable bonds is 3. The molecule has 0 spiro atoms. The molecule has 1 saturated heterocycles. The van der Waals surface area contributed by atoms with Crippen molar-refractivity contribution in [2.75, 3.05) is 31.7 Å². The molecule has 1 fully saturated rings. The van der Waals surface area contributed by atoms with Crippen LogP contribution in [0.3, 0.4) is 0 Å². The van der Waals surface area contributed by atoms with Crippen molar-refractivity contribution in [1.29, 1.82) is 0 Å². The van der Waals surface area contributed by atoms with Gasteiger partial charge in [-0.1, -0.05) is 11.6 Å². The van der Waals surface area contributed by atoms with E-state index in [1.165, 1.54) is 0 Å². The SMILES string of the molecule is COCC1CCN(c2cc(O)ccc2Cl)C1. The summed E-state index contributed by atoms with van der Waals surface area (Å²) in [5, 5.41) is 10.1. The van der Waals surface area contributed by atoms with Crippen LogP contribution in [0.25, 0.3) is 0 Å². The van der Waals surface area contributed by atoms with E-state index in [1.807, 2.05) is 0 Å². The van der Waals surface area contributed by atoms with Crippen molar-refractivity contribution in [2.45, 2.75) is 6.42 Å². The van der Waals surface area contributed by atoms with Gasteiger partial charge in [0.05, 0.1) is 17.3 Å². The Morgan fingerprint density at radius 1 is 1.56 bits per heavy atom. The van der Waals surface area contributed by atoms with E-state index in [0.717, 1.165) is 31.8 Å². The van der Waals surface area contributed by atoms with Gasteiger partial charge < -0.3 is 14.7 Å². The lowest BCUT2D eigenvalue weighted by Crippen LogP contribution is -2.21. The third-order valence-electron chi connectivity index (χ3n) is 2.96. The molecule has 16 heavy (non-hydrogen) atoms. The second-order valence-corrected chi connectivity index (χ2v) is 4.60. The molecule has 0 saturated carbocycles. The average Bonchev–Trinajstić information content (AvgIpc) is 2.71. The number of nitrogens with zero attached hydrogens (tertiary/aromatic N) is 1. The van der Waals surface area contributed by atoms with Crippen LogP contribution >= 0.6 is 11.6 Å². The molecule has 88 valence electrons. The molecule has 0 bridgehead atoms. The highest BCUT2D eigenvalue weighted by Gasteiger charge is 2.24. The maximum Gasteiger partial charge on any atom is 0.117 e. The van der Waals surface area contributed by atoms with Gasteiger partial charge in [-0.2, -0.15) is 0 Å². The van der Waals surface area contributed by atoms with Crippen LogP contribution in [0.4, 0.5) is 5.69 Å². The number of methoxy groups -OCH3 is 1. The number of hydrogen-bond acceptors (Lipinski definition) is 3. The largest absolute Gasteiger partial charge is 0.508 e. The highest BCUT2D eigenvalue weighted by atomic mass is 35.5. The Balaban J connectivity index is 2.11. The zero-order valence-corrected chi connectivity index (χ0v) is 10.1. The smallest absolute Gasteiger partial charge is 0.117 e. The van der Waals surface area contributed by atoms with Gasteiger partial charge in [0.25, 0.3) is 0 Å². The van der Waals surface area contributed by atoms with Gasteiger partial charge in [-0.05, 0) is 18.6 Å². The Labute approximate surface area is 101 Å². The van der Waals surface area contributed by atoms with Gasteiger partial charge in [0.2, 0.25) is 0 Å². The molecule has 1 aromatic rings. The van der Waals surface area contributed by atoms with Gasteiger partial charge in [-0.25, -0.2) is 0 Å². The average molecular weight is 242 g/mol. The molecular weight excluding hydrogens is 226 g/mol. The minimum atomic E-state index is 0.259. The molecule has 0 amide bonds. The van der Waals surface area contributed by atoms with Gasteiger partial charge >= 0.3 is 0 Å². The first-order valence-electron chi connectivity index (χ1n) is 5.43. The monoisotopic (exact) mass is 241 g/mol. The number of anilines is 1. The zero-order valence-electron chi connectivity index (χ0n) is 9.32. The lowest BCUT2D eigenvalue weighted by Gasteiger charge is -2.20. The molecule has 0 radical (unpaired) electrons. The Morgan fingerprint density at radius 2 is 2.38 bits per heavy atom. The van der Waals surface area contributed by atoms with E-state index in [9.17, 15) is 5.11 Å². The minimum Gasteiger partial charge on any atom is -0.508 e. The number of aromatic hydroxyl groups is 1. The molecule has 1 aromatic carbocycles. The van der Waals surface area contributed by atoms with Crippen molar-refractivity contribution < 1.29 is 9.84 Å². The Kier molecular flexibility index (Phi) is 3.56. The van der Waals surface area contributed by atoms with Gasteiger partial charge in [-0.15, -0.1) is 0 Å². The standard InChI is InChI=1S/C12H16ClNO2/c1-16-8-9-4-5-14(7-9)12-6-10(15)2-3-11(12)13/h2-3,6,9,15H,4-5,7-8H2,1H3. The highest BCUT2D eigenvalue weighted by molar-refractivity contribution is 6.33. The second-order valence-electron chi connectivity index (χ2n) is 4.19. The summed E-state index contributed by atoms with van der Waals surface area (Å²) in [5.41, 5.74) is 0.917. The molecular formula is C12H16ClNO2. The van der Waals surface area contributed by atoms with Crippen LogP contribution in [0.5, 0.6) is 5.75 Å². The van der Waals surface area contributed by atoms with E-state index in [2.05, 4.69) is 4.90 Å². The number of benzene rings is 1. The molecule has 2 rings (SSSR count). The van der Waals surface area contributed by atoms with Gasteiger partial charge in [0, 0.05) is 32.2 Å². The summed E-state index contributed by atoms with van der Waals surface area (Å²) < 4.78 is 5.15. The van der Waals surface area contributed by atoms with Crippen molar-refractivity contribution in [3.63, 3.8) is 0 Å². The lowest BCUT2D eigenvalue weighted by molar-refractivity contribution is 0.161. The zero-order chi connectivity index (χ0) is 11.5. The lowest BCUT2D eigenvalue weighted by atomic mass is 10.1. The van der Waals surface area contributed by atoms with Crippen LogP contribution in [-0.4, -0.2) is 31.9 Å². The highest BCUT2D eigenvalue weighted by Crippen LogP contribution is 2.33. The fraction of sp³-hybridized carbons (Fsp3) is 0.500. The summed E-state index contributed by atoms with van der Waals surface area (Å²) in [5.74, 6) is 0.818. The fourth-order valence-corrected chi connectivity index (χ4v) is 2.40. The maximum atomic E-state index is 9.46. The van der Waals surface area contributed by atoms with Crippen molar-refractivity contribution in [3.8, 4) is 5.75 Å². The van der Waals surface area contributed by atoms with Crippen molar-refractivity contribution in [3.05, 3.63) is 23.2 Å². The maximum absolute atomic E-state index is 9.46. The fourth-order valence-electron chi connectivity index (χ4n) is 2.17. The van der Waals surface area contributed by atoms with E-state index in [4.69, 9.17) is 16.3 Å². The molecule has 1 N–H and O–H groups in total. The first-order valence-corrected chi connectivity index (χ1v) is 5.81. The van der Waals surface area contributed by atoms with E-state index in [0.29, 0.717) is 10.9 Å². The summed E-state index contributed by atoms with van der Waals surface area (Å²) in [6.07, 6.45) is 1.11. The third-order valence-corrected chi connectivity index (χ3v) is 3.28. The summed E-state index contributed by atoms with van der Waals surface area (Å²) in [7, 11) is 1.73. The Hall–Kier alpha value is -0.930. The molecule has 0 aliphatic carbocycles.